The second-order valence-corrected chi connectivity index (χ2v) is 7.31. The number of carbonyl (C=O) groups is 1. The molecule has 138 valence electrons. The van der Waals surface area contributed by atoms with Crippen LogP contribution in [-0.4, -0.2) is 52.1 Å². The summed E-state index contributed by atoms with van der Waals surface area (Å²) in [5, 5.41) is 14.0. The van der Waals surface area contributed by atoms with Gasteiger partial charge in [-0.05, 0) is 31.0 Å². The average Bonchev–Trinajstić information content (AvgIpc) is 3.21. The number of hydrogen-bond donors (Lipinski definition) is 1. The highest BCUT2D eigenvalue weighted by atomic mass is 19.1. The summed E-state index contributed by atoms with van der Waals surface area (Å²) >= 11 is 0. The Kier molecular flexibility index (Phi) is 4.50. The Morgan fingerprint density at radius 2 is 2.19 bits per heavy atom. The van der Waals surface area contributed by atoms with E-state index in [-0.39, 0.29) is 17.2 Å². The molecular weight excluding hydrogens is 337 g/mol. The van der Waals surface area contributed by atoms with E-state index in [0.29, 0.717) is 32.0 Å². The molecule has 1 N–H and O–H groups in total. The van der Waals surface area contributed by atoms with Gasteiger partial charge in [-0.25, -0.2) is 9.07 Å². The smallest absolute Gasteiger partial charge is 0.308 e. The zero-order chi connectivity index (χ0) is 18.1. The number of nitrogens with zero attached hydrogens (tertiary/aromatic N) is 3. The lowest BCUT2D eigenvalue weighted by Crippen LogP contribution is -2.40. The number of aromatic nitrogens is 2. The molecule has 3 heterocycles. The van der Waals surface area contributed by atoms with Gasteiger partial charge in [0.25, 0.3) is 0 Å². The quantitative estimate of drug-likeness (QED) is 0.907. The standard InChI is InChI=1S/C19H22FN3O3/c20-15-2-1-3-16(8-15)23-11-14(9-21-23)10-22-12-17(18(24)25)19(13-22)4-6-26-7-5-19/h1-3,8-9,11,17H,4-7,10,12-13H2,(H,24,25). The molecule has 0 amide bonds. The summed E-state index contributed by atoms with van der Waals surface area (Å²) in [5.74, 6) is -1.38. The number of halogens is 1. The van der Waals surface area contributed by atoms with E-state index in [1.165, 1.54) is 12.1 Å². The maximum Gasteiger partial charge on any atom is 0.308 e. The monoisotopic (exact) mass is 359 g/mol. The molecule has 1 unspecified atom stereocenters. The van der Waals surface area contributed by atoms with Crippen molar-refractivity contribution in [1.29, 1.82) is 0 Å². The van der Waals surface area contributed by atoms with E-state index >= 15 is 0 Å². The molecule has 2 aliphatic rings. The number of carboxylic acids is 1. The fourth-order valence-electron chi connectivity index (χ4n) is 4.28. The molecule has 26 heavy (non-hydrogen) atoms. The van der Waals surface area contributed by atoms with Gasteiger partial charge in [-0.3, -0.25) is 9.69 Å². The minimum absolute atomic E-state index is 0.192. The van der Waals surface area contributed by atoms with E-state index < -0.39 is 5.97 Å². The SMILES string of the molecule is O=C(O)C1CN(Cc2cnn(-c3cccc(F)c3)c2)CC12CCOCC2. The zero-order valence-electron chi connectivity index (χ0n) is 14.5. The van der Waals surface area contributed by atoms with Crippen molar-refractivity contribution in [2.75, 3.05) is 26.3 Å². The Balaban J connectivity index is 1.49. The Bertz CT molecular complexity index is 801. The summed E-state index contributed by atoms with van der Waals surface area (Å²) in [5.41, 5.74) is 1.47. The first-order chi connectivity index (χ1) is 12.6. The summed E-state index contributed by atoms with van der Waals surface area (Å²) in [4.78, 5) is 14.0. The molecule has 1 atom stereocenters. The number of aliphatic carboxylic acids is 1. The molecular formula is C19H22FN3O3. The number of rotatable bonds is 4. The maximum atomic E-state index is 13.4. The van der Waals surface area contributed by atoms with Gasteiger partial charge in [-0.1, -0.05) is 6.07 Å². The van der Waals surface area contributed by atoms with Crippen molar-refractivity contribution < 1.29 is 19.0 Å². The Hall–Kier alpha value is -2.25. The summed E-state index contributed by atoms with van der Waals surface area (Å²) in [6.07, 6.45) is 5.22. The van der Waals surface area contributed by atoms with E-state index in [2.05, 4.69) is 10.00 Å². The molecule has 1 aromatic carbocycles. The van der Waals surface area contributed by atoms with E-state index in [1.807, 2.05) is 6.20 Å². The van der Waals surface area contributed by atoms with Crippen molar-refractivity contribution in [3.63, 3.8) is 0 Å². The summed E-state index contributed by atoms with van der Waals surface area (Å²) in [6.45, 7) is 3.21. The number of benzene rings is 1. The van der Waals surface area contributed by atoms with Gasteiger partial charge in [0.1, 0.15) is 5.82 Å². The minimum Gasteiger partial charge on any atom is -0.481 e. The highest BCUT2D eigenvalue weighted by Crippen LogP contribution is 2.44. The van der Waals surface area contributed by atoms with Crippen molar-refractivity contribution in [2.45, 2.75) is 19.4 Å². The maximum absolute atomic E-state index is 13.4. The summed E-state index contributed by atoms with van der Waals surface area (Å²) < 4.78 is 20.5. The molecule has 0 aliphatic carbocycles. The molecule has 2 fully saturated rings. The van der Waals surface area contributed by atoms with E-state index in [4.69, 9.17) is 4.74 Å². The van der Waals surface area contributed by atoms with E-state index in [9.17, 15) is 14.3 Å². The van der Waals surface area contributed by atoms with Crippen LogP contribution in [0.25, 0.3) is 5.69 Å². The molecule has 4 rings (SSSR count). The normalized spacial score (nSPS) is 22.7. The minimum atomic E-state index is -0.718. The number of ether oxygens (including phenoxy) is 1. The third-order valence-corrected chi connectivity index (χ3v) is 5.62. The lowest BCUT2D eigenvalue weighted by molar-refractivity contribution is -0.147. The van der Waals surface area contributed by atoms with Crippen molar-refractivity contribution in [2.24, 2.45) is 11.3 Å². The third-order valence-electron chi connectivity index (χ3n) is 5.62. The second-order valence-electron chi connectivity index (χ2n) is 7.31. The van der Waals surface area contributed by atoms with Gasteiger partial charge in [0.2, 0.25) is 0 Å². The van der Waals surface area contributed by atoms with Crippen LogP contribution in [0.5, 0.6) is 0 Å². The highest BCUT2D eigenvalue weighted by molar-refractivity contribution is 5.72. The highest BCUT2D eigenvalue weighted by Gasteiger charge is 2.50. The van der Waals surface area contributed by atoms with E-state index in [1.54, 1.807) is 23.0 Å². The van der Waals surface area contributed by atoms with Gasteiger partial charge in [-0.2, -0.15) is 5.10 Å². The summed E-state index contributed by atoms with van der Waals surface area (Å²) in [6, 6.07) is 6.29. The lowest BCUT2D eigenvalue weighted by Gasteiger charge is -2.36. The second kappa shape index (κ2) is 6.81. The van der Waals surface area contributed by atoms with Crippen molar-refractivity contribution in [1.82, 2.24) is 14.7 Å². The van der Waals surface area contributed by atoms with Crippen LogP contribution in [0.2, 0.25) is 0 Å². The fourth-order valence-corrected chi connectivity index (χ4v) is 4.28. The van der Waals surface area contributed by atoms with Gasteiger partial charge in [-0.15, -0.1) is 0 Å². The Morgan fingerprint density at radius 3 is 2.92 bits per heavy atom. The fraction of sp³-hybridized carbons (Fsp3) is 0.474. The zero-order valence-corrected chi connectivity index (χ0v) is 14.5. The third kappa shape index (κ3) is 3.24. The van der Waals surface area contributed by atoms with Crippen LogP contribution in [0.1, 0.15) is 18.4 Å². The predicted octanol–water partition coefficient (Wildman–Crippen LogP) is 2.32. The molecule has 2 saturated heterocycles. The van der Waals surface area contributed by atoms with Crippen LogP contribution in [0.3, 0.4) is 0 Å². The Labute approximate surface area is 151 Å². The van der Waals surface area contributed by atoms with Crippen LogP contribution >= 0.6 is 0 Å². The molecule has 2 aromatic rings. The van der Waals surface area contributed by atoms with Gasteiger partial charge in [0.05, 0.1) is 17.8 Å². The van der Waals surface area contributed by atoms with Crippen molar-refractivity contribution >= 4 is 5.97 Å². The van der Waals surface area contributed by atoms with Crippen LogP contribution in [0, 0.1) is 17.2 Å². The predicted molar refractivity (Wildman–Crippen MR) is 92.4 cm³/mol. The van der Waals surface area contributed by atoms with Gasteiger partial charge < -0.3 is 9.84 Å². The van der Waals surface area contributed by atoms with Crippen molar-refractivity contribution in [3.05, 3.63) is 48.0 Å². The molecule has 0 saturated carbocycles. The average molecular weight is 359 g/mol. The number of likely N-dealkylation sites (tertiary alicyclic amines) is 1. The first kappa shape index (κ1) is 17.2. The Morgan fingerprint density at radius 1 is 1.38 bits per heavy atom. The first-order valence-corrected chi connectivity index (χ1v) is 8.88. The van der Waals surface area contributed by atoms with Gasteiger partial charge in [0.15, 0.2) is 0 Å². The molecule has 6 nitrogen and oxygen atoms in total. The molecule has 0 radical (unpaired) electrons. The topological polar surface area (TPSA) is 67.6 Å². The molecule has 7 heteroatoms. The van der Waals surface area contributed by atoms with Crippen molar-refractivity contribution in [3.8, 4) is 5.69 Å². The lowest BCUT2D eigenvalue weighted by atomic mass is 9.72. The van der Waals surface area contributed by atoms with Crippen LogP contribution < -0.4 is 0 Å². The van der Waals surface area contributed by atoms with E-state index in [0.717, 1.165) is 24.9 Å². The van der Waals surface area contributed by atoms with Crippen LogP contribution in [0.4, 0.5) is 4.39 Å². The molecule has 2 aliphatic heterocycles. The molecule has 1 spiro atoms. The van der Waals surface area contributed by atoms with Crippen LogP contribution in [-0.2, 0) is 16.1 Å². The largest absolute Gasteiger partial charge is 0.481 e. The van der Waals surface area contributed by atoms with Gasteiger partial charge in [0, 0.05) is 50.0 Å². The first-order valence-electron chi connectivity index (χ1n) is 8.88. The van der Waals surface area contributed by atoms with Crippen LogP contribution in [0.15, 0.2) is 36.7 Å². The molecule has 0 bridgehead atoms. The summed E-state index contributed by atoms with van der Waals surface area (Å²) in [7, 11) is 0. The van der Waals surface area contributed by atoms with Gasteiger partial charge >= 0.3 is 5.97 Å². The number of carboxylic acid groups (broad SMARTS) is 1. The number of hydrogen-bond acceptors (Lipinski definition) is 4. The molecule has 1 aromatic heterocycles.